The molecule has 0 spiro atoms. The van der Waals surface area contributed by atoms with Crippen LogP contribution in [0.1, 0.15) is 11.6 Å². The fourth-order valence-corrected chi connectivity index (χ4v) is 0.925. The van der Waals surface area contributed by atoms with E-state index in [4.69, 9.17) is 5.11 Å². The first-order chi connectivity index (χ1) is 6.25. The number of rotatable bonds is 4. The molecule has 0 saturated heterocycles. The molecule has 0 aliphatic heterocycles. The molecule has 0 saturated carbocycles. The van der Waals surface area contributed by atoms with Gasteiger partial charge in [-0.05, 0) is 6.07 Å². The van der Waals surface area contributed by atoms with Gasteiger partial charge in [0.1, 0.15) is 0 Å². The highest BCUT2D eigenvalue weighted by atomic mass is 16.4. The van der Waals surface area contributed by atoms with E-state index in [0.717, 1.165) is 0 Å². The molecule has 1 rings (SSSR count). The average Bonchev–Trinajstić information content (AvgIpc) is 2.15. The summed E-state index contributed by atoms with van der Waals surface area (Å²) in [5.74, 6) is -1.11. The highest BCUT2D eigenvalue weighted by molar-refractivity contribution is 5.77. The van der Waals surface area contributed by atoms with Gasteiger partial charge in [-0.2, -0.15) is 0 Å². The predicted octanol–water partition coefficient (Wildman–Crippen LogP) is -0.0467. The van der Waals surface area contributed by atoms with E-state index in [-0.39, 0.29) is 0 Å². The quantitative estimate of drug-likeness (QED) is 0.637. The number of carboxylic acids is 1. The number of carbonyl (C=O) groups excluding carboxylic acids is 1. The van der Waals surface area contributed by atoms with E-state index in [0.29, 0.717) is 12.0 Å². The van der Waals surface area contributed by atoms with E-state index in [1.54, 1.807) is 12.1 Å². The number of amides is 1. The first-order valence-corrected chi connectivity index (χ1v) is 3.58. The van der Waals surface area contributed by atoms with Crippen LogP contribution in [0.4, 0.5) is 0 Å². The molecule has 5 nitrogen and oxygen atoms in total. The number of pyridine rings is 1. The average molecular weight is 180 g/mol. The smallest absolute Gasteiger partial charge is 0.330 e. The van der Waals surface area contributed by atoms with Crippen molar-refractivity contribution in [2.75, 3.05) is 0 Å². The Labute approximate surface area is 74.4 Å². The lowest BCUT2D eigenvalue weighted by Gasteiger charge is -2.09. The van der Waals surface area contributed by atoms with Crippen molar-refractivity contribution < 1.29 is 14.7 Å². The monoisotopic (exact) mass is 180 g/mol. The lowest BCUT2D eigenvalue weighted by molar-refractivity contribution is -0.140. The Morgan fingerprint density at radius 1 is 1.69 bits per heavy atom. The standard InChI is InChI=1S/C8H8N2O3/c11-5-10-7(8(12)13)6-2-1-3-9-4-6/h1-5,7H,(H,10,11)(H,12,13). The van der Waals surface area contributed by atoms with Crippen LogP contribution in [0.5, 0.6) is 0 Å². The molecule has 1 aromatic rings. The van der Waals surface area contributed by atoms with Gasteiger partial charge in [0.25, 0.3) is 0 Å². The van der Waals surface area contributed by atoms with Crippen LogP contribution in [0.3, 0.4) is 0 Å². The summed E-state index contributed by atoms with van der Waals surface area (Å²) in [6.45, 7) is 0. The largest absolute Gasteiger partial charge is 0.479 e. The fourth-order valence-electron chi connectivity index (χ4n) is 0.925. The summed E-state index contributed by atoms with van der Waals surface area (Å²) < 4.78 is 0. The van der Waals surface area contributed by atoms with Crippen molar-refractivity contribution in [2.45, 2.75) is 6.04 Å². The summed E-state index contributed by atoms with van der Waals surface area (Å²) in [7, 11) is 0. The van der Waals surface area contributed by atoms with Gasteiger partial charge in [-0.25, -0.2) is 4.79 Å². The molecule has 1 atom stereocenters. The molecule has 1 unspecified atom stereocenters. The number of carboxylic acid groups (broad SMARTS) is 1. The van der Waals surface area contributed by atoms with Crippen molar-refractivity contribution in [3.63, 3.8) is 0 Å². The lowest BCUT2D eigenvalue weighted by atomic mass is 10.1. The van der Waals surface area contributed by atoms with Crippen LogP contribution in [-0.2, 0) is 9.59 Å². The van der Waals surface area contributed by atoms with E-state index < -0.39 is 12.0 Å². The van der Waals surface area contributed by atoms with E-state index >= 15 is 0 Å². The van der Waals surface area contributed by atoms with E-state index in [1.807, 2.05) is 0 Å². The van der Waals surface area contributed by atoms with Gasteiger partial charge in [-0.1, -0.05) is 6.07 Å². The van der Waals surface area contributed by atoms with Crippen molar-refractivity contribution in [2.24, 2.45) is 0 Å². The van der Waals surface area contributed by atoms with Gasteiger partial charge in [-0.15, -0.1) is 0 Å². The Bertz CT molecular complexity index is 300. The topological polar surface area (TPSA) is 79.3 Å². The summed E-state index contributed by atoms with van der Waals surface area (Å²) in [5, 5.41) is 10.9. The minimum absolute atomic E-state index is 0.353. The molecule has 0 fully saturated rings. The Kier molecular flexibility index (Phi) is 2.97. The molecular formula is C8H8N2O3. The minimum atomic E-state index is -1.11. The van der Waals surface area contributed by atoms with Gasteiger partial charge >= 0.3 is 5.97 Å². The SMILES string of the molecule is O=CNC(C(=O)O)c1cccnc1. The molecule has 0 aliphatic rings. The molecule has 1 heterocycles. The number of aromatic nitrogens is 1. The normalized spacial score (nSPS) is 11.7. The highest BCUT2D eigenvalue weighted by Gasteiger charge is 2.18. The predicted molar refractivity (Wildman–Crippen MR) is 43.8 cm³/mol. The third-order valence-corrected chi connectivity index (χ3v) is 1.50. The van der Waals surface area contributed by atoms with Crippen molar-refractivity contribution in [3.05, 3.63) is 30.1 Å². The molecule has 1 aromatic heterocycles. The lowest BCUT2D eigenvalue weighted by Crippen LogP contribution is -2.27. The zero-order chi connectivity index (χ0) is 9.68. The molecule has 68 valence electrons. The summed E-state index contributed by atoms with van der Waals surface area (Å²) in [6.07, 6.45) is 3.28. The van der Waals surface area contributed by atoms with Crippen molar-refractivity contribution in [1.82, 2.24) is 10.3 Å². The van der Waals surface area contributed by atoms with E-state index in [9.17, 15) is 9.59 Å². The van der Waals surface area contributed by atoms with Crippen LogP contribution in [0.2, 0.25) is 0 Å². The molecule has 13 heavy (non-hydrogen) atoms. The number of nitrogens with zero attached hydrogens (tertiary/aromatic N) is 1. The van der Waals surface area contributed by atoms with Crippen LogP contribution in [0, 0.1) is 0 Å². The fraction of sp³-hybridized carbons (Fsp3) is 0.125. The number of nitrogens with one attached hydrogen (secondary N) is 1. The number of aliphatic carboxylic acids is 1. The number of hydrogen-bond acceptors (Lipinski definition) is 3. The highest BCUT2D eigenvalue weighted by Crippen LogP contribution is 2.09. The summed E-state index contributed by atoms with van der Waals surface area (Å²) in [6, 6.07) is 2.17. The summed E-state index contributed by atoms with van der Waals surface area (Å²) >= 11 is 0. The maximum atomic E-state index is 10.6. The second-order valence-corrected chi connectivity index (χ2v) is 2.34. The molecule has 0 bridgehead atoms. The Morgan fingerprint density at radius 3 is 2.92 bits per heavy atom. The van der Waals surface area contributed by atoms with Gasteiger partial charge < -0.3 is 10.4 Å². The number of carbonyl (C=O) groups is 2. The summed E-state index contributed by atoms with van der Waals surface area (Å²) in [4.78, 5) is 24.5. The second-order valence-electron chi connectivity index (χ2n) is 2.34. The first kappa shape index (κ1) is 9.18. The van der Waals surface area contributed by atoms with Crippen LogP contribution >= 0.6 is 0 Å². The molecule has 0 radical (unpaired) electrons. The zero-order valence-electron chi connectivity index (χ0n) is 6.68. The van der Waals surface area contributed by atoms with Gasteiger partial charge in [0.2, 0.25) is 6.41 Å². The van der Waals surface area contributed by atoms with Crippen molar-refractivity contribution in [1.29, 1.82) is 0 Å². The first-order valence-electron chi connectivity index (χ1n) is 3.58. The number of hydrogen-bond donors (Lipinski definition) is 2. The second kappa shape index (κ2) is 4.20. The Balaban J connectivity index is 2.88. The van der Waals surface area contributed by atoms with Crippen LogP contribution < -0.4 is 5.32 Å². The van der Waals surface area contributed by atoms with E-state index in [2.05, 4.69) is 10.3 Å². The summed E-state index contributed by atoms with van der Waals surface area (Å²) in [5.41, 5.74) is 0.446. The molecule has 0 aromatic carbocycles. The maximum Gasteiger partial charge on any atom is 0.330 e. The van der Waals surface area contributed by atoms with Crippen LogP contribution in [-0.4, -0.2) is 22.5 Å². The molecular weight excluding hydrogens is 172 g/mol. The van der Waals surface area contributed by atoms with Crippen LogP contribution in [0.25, 0.3) is 0 Å². The van der Waals surface area contributed by atoms with Crippen molar-refractivity contribution in [3.8, 4) is 0 Å². The van der Waals surface area contributed by atoms with Gasteiger partial charge in [0.05, 0.1) is 0 Å². The van der Waals surface area contributed by atoms with E-state index in [1.165, 1.54) is 12.4 Å². The molecule has 1 amide bonds. The van der Waals surface area contributed by atoms with Crippen LogP contribution in [0.15, 0.2) is 24.5 Å². The molecule has 5 heteroatoms. The molecule has 2 N–H and O–H groups in total. The minimum Gasteiger partial charge on any atom is -0.479 e. The third-order valence-electron chi connectivity index (χ3n) is 1.50. The zero-order valence-corrected chi connectivity index (χ0v) is 6.68. The van der Waals surface area contributed by atoms with Gasteiger partial charge in [-0.3, -0.25) is 9.78 Å². The molecule has 0 aliphatic carbocycles. The maximum absolute atomic E-state index is 10.6. The van der Waals surface area contributed by atoms with Crippen molar-refractivity contribution >= 4 is 12.4 Å². The third kappa shape index (κ3) is 2.26. The van der Waals surface area contributed by atoms with Gasteiger partial charge in [0, 0.05) is 18.0 Å². The Morgan fingerprint density at radius 2 is 2.46 bits per heavy atom. The Hall–Kier alpha value is -1.91. The van der Waals surface area contributed by atoms with Gasteiger partial charge in [0.15, 0.2) is 6.04 Å².